The molecule has 0 aromatic heterocycles. The maximum Gasteiger partial charge on any atom is 2.00 e. The van der Waals surface area contributed by atoms with Gasteiger partial charge >= 0.3 is 16.5 Å². The number of benzene rings is 2. The van der Waals surface area contributed by atoms with Gasteiger partial charge < -0.3 is 19.4 Å². The van der Waals surface area contributed by atoms with Crippen molar-refractivity contribution in [1.29, 1.82) is 0 Å². The van der Waals surface area contributed by atoms with Gasteiger partial charge in [0.05, 0.1) is 0 Å². The maximum absolute atomic E-state index is 11.3. The Balaban J connectivity index is 0.00000103. The summed E-state index contributed by atoms with van der Waals surface area (Å²) in [6.07, 6.45) is 53.7. The van der Waals surface area contributed by atoms with Gasteiger partial charge in [0.1, 0.15) is 0 Å². The fourth-order valence-corrected chi connectivity index (χ4v) is 9.45. The van der Waals surface area contributed by atoms with Crippen LogP contribution in [-0.2, 0) is 16.5 Å². The molecule has 0 amide bonds. The standard InChI is InChI=1S/C28H36N2.2C18H37.Ni/c1-8-9-10-11-12-24-17-27(25-13-18(2)22(6)19(3)14-25)30(29)28(24)26-15-20(4)23(7)21(5)16-26;2*1-3-5-7-9-11-13-15-17-18-16-14-12-10-8-6-4-2;/h13-17H,8-12H2,1-7H3;2*1,3-18H2,2H3;/q;2*-1;+2. The number of hydrogen-bond acceptors (Lipinski definition) is 0. The van der Waals surface area contributed by atoms with Crippen molar-refractivity contribution in [1.82, 2.24) is 0 Å². The second kappa shape index (κ2) is 44.0. The summed E-state index contributed by atoms with van der Waals surface area (Å²) in [4.78, 5) is 0. The third-order valence-corrected chi connectivity index (χ3v) is 14.5. The number of allylic oxidation sites excluding steroid dienone is 2. The fraction of sp³-hybridized carbons (Fsp3) is 0.719. The van der Waals surface area contributed by atoms with E-state index in [1.54, 1.807) is 0 Å². The smallest absolute Gasteiger partial charge is 0.493 e. The molecule has 0 fully saturated rings. The first-order valence-electron chi connectivity index (χ1n) is 28.8. The third kappa shape index (κ3) is 30.4. The Bertz CT molecular complexity index is 1470. The van der Waals surface area contributed by atoms with E-state index in [1.807, 2.05) is 0 Å². The normalized spacial score (nSPS) is 12.2. The number of aryl methyl sites for hydroxylation is 4. The van der Waals surface area contributed by atoms with Gasteiger partial charge in [0.25, 0.3) is 0 Å². The maximum atomic E-state index is 11.3. The van der Waals surface area contributed by atoms with Gasteiger partial charge in [-0.2, -0.15) is 12.8 Å². The summed E-state index contributed by atoms with van der Waals surface area (Å²) in [5, 5.41) is 0. The first kappa shape index (κ1) is 65.0. The zero-order valence-electron chi connectivity index (χ0n) is 46.2. The van der Waals surface area contributed by atoms with Crippen LogP contribution in [0.25, 0.3) is 16.9 Å². The Morgan fingerprint density at radius 3 is 0.910 bits per heavy atom. The summed E-state index contributed by atoms with van der Waals surface area (Å²) in [6, 6.07) is 8.83. The first-order valence-corrected chi connectivity index (χ1v) is 28.8. The van der Waals surface area contributed by atoms with Crippen LogP contribution < -0.4 is 0 Å². The van der Waals surface area contributed by atoms with Crippen LogP contribution in [0, 0.1) is 55.4 Å². The van der Waals surface area contributed by atoms with Crippen molar-refractivity contribution in [2.45, 2.75) is 300 Å². The summed E-state index contributed by atoms with van der Waals surface area (Å²) in [5.41, 5.74) is 24.3. The molecule has 0 bridgehead atoms. The van der Waals surface area contributed by atoms with Gasteiger partial charge in [-0.15, -0.1) is 0 Å². The number of hydrogen-bond donors (Lipinski definition) is 0. The minimum absolute atomic E-state index is 0. The first-order chi connectivity index (χ1) is 32.1. The fourth-order valence-electron chi connectivity index (χ4n) is 9.45. The predicted molar refractivity (Wildman–Crippen MR) is 298 cm³/mol. The van der Waals surface area contributed by atoms with Crippen molar-refractivity contribution >= 4 is 11.4 Å². The Morgan fingerprint density at radius 2 is 0.627 bits per heavy atom. The average Bonchev–Trinajstić information content (AvgIpc) is 3.64. The van der Waals surface area contributed by atoms with E-state index in [0.29, 0.717) is 0 Å². The van der Waals surface area contributed by atoms with Crippen LogP contribution in [0.15, 0.2) is 35.9 Å². The predicted octanol–water partition coefficient (Wildman–Crippen LogP) is 22.5. The molecule has 0 aliphatic carbocycles. The summed E-state index contributed by atoms with van der Waals surface area (Å²) in [5.74, 6) is 0. The molecule has 0 spiro atoms. The zero-order chi connectivity index (χ0) is 48.6. The van der Waals surface area contributed by atoms with Crippen LogP contribution in [0.4, 0.5) is 0 Å². The van der Waals surface area contributed by atoms with Gasteiger partial charge in [-0.25, -0.2) is 4.70 Å². The molecule has 3 heteroatoms. The Hall–Kier alpha value is -1.99. The van der Waals surface area contributed by atoms with Crippen LogP contribution in [-0.4, -0.2) is 4.70 Å². The van der Waals surface area contributed by atoms with Crippen LogP contribution >= 0.6 is 0 Å². The molecule has 0 radical (unpaired) electrons. The molecule has 3 rings (SSSR count). The molecule has 2 nitrogen and oxygen atoms in total. The number of unbranched alkanes of at least 4 members (excludes halogenated alkanes) is 33. The van der Waals surface area contributed by atoms with Gasteiger partial charge in [0.15, 0.2) is 0 Å². The largest absolute Gasteiger partial charge is 2.00 e. The molecule has 67 heavy (non-hydrogen) atoms. The molecule has 2 aromatic carbocycles. The van der Waals surface area contributed by atoms with Crippen molar-refractivity contribution in [3.8, 4) is 0 Å². The van der Waals surface area contributed by atoms with Crippen LogP contribution in [0.1, 0.15) is 303 Å². The topological polar surface area (TPSA) is 25.3 Å². The van der Waals surface area contributed by atoms with Gasteiger partial charge in [-0.3, -0.25) is 0 Å². The summed E-state index contributed by atoms with van der Waals surface area (Å²) >= 11 is 0. The molecular weight excluding hydrogens is 855 g/mol. The Morgan fingerprint density at radius 1 is 0.373 bits per heavy atom. The van der Waals surface area contributed by atoms with Crippen molar-refractivity contribution in [3.63, 3.8) is 0 Å². The van der Waals surface area contributed by atoms with Gasteiger partial charge in [0, 0.05) is 22.8 Å². The monoisotopic (exact) mass is 965 g/mol. The van der Waals surface area contributed by atoms with E-state index in [9.17, 15) is 5.53 Å². The average molecular weight is 966 g/mol. The van der Waals surface area contributed by atoms with Gasteiger partial charge in [-0.1, -0.05) is 233 Å². The van der Waals surface area contributed by atoms with Crippen molar-refractivity contribution in [2.24, 2.45) is 0 Å². The molecular formula is C64H110N2Ni. The molecule has 0 atom stereocenters. The Labute approximate surface area is 430 Å². The quantitative estimate of drug-likeness (QED) is 0.0279. The van der Waals surface area contributed by atoms with E-state index in [4.69, 9.17) is 0 Å². The molecule has 386 valence electrons. The molecule has 2 aromatic rings. The summed E-state index contributed by atoms with van der Waals surface area (Å²) < 4.78 is 1.43. The molecule has 0 saturated carbocycles. The van der Waals surface area contributed by atoms with E-state index in [1.165, 1.54) is 256 Å². The van der Waals surface area contributed by atoms with Crippen LogP contribution in [0.5, 0.6) is 0 Å². The summed E-state index contributed by atoms with van der Waals surface area (Å²) in [6.45, 7) is 27.5. The van der Waals surface area contributed by atoms with E-state index in [2.05, 4.69) is 107 Å². The van der Waals surface area contributed by atoms with Crippen LogP contribution in [0.2, 0.25) is 0 Å². The number of nitrogens with zero attached hydrogens (tertiary/aromatic N) is 2. The second-order valence-electron chi connectivity index (χ2n) is 20.6. The zero-order valence-corrected chi connectivity index (χ0v) is 47.2. The molecule has 0 unspecified atom stereocenters. The van der Waals surface area contributed by atoms with Crippen molar-refractivity contribution in [3.05, 3.63) is 99.8 Å². The minimum atomic E-state index is 0. The molecule has 0 N–H and O–H groups in total. The van der Waals surface area contributed by atoms with Gasteiger partial charge in [-0.05, 0) is 112 Å². The minimum Gasteiger partial charge on any atom is -0.493 e. The molecule has 0 saturated heterocycles. The second-order valence-corrected chi connectivity index (χ2v) is 20.6. The molecule has 1 aliphatic rings. The van der Waals surface area contributed by atoms with Crippen molar-refractivity contribution in [2.75, 3.05) is 0 Å². The Kier molecular flexibility index (Phi) is 42.7. The van der Waals surface area contributed by atoms with Gasteiger partial charge in [0.2, 0.25) is 11.4 Å². The van der Waals surface area contributed by atoms with E-state index in [0.717, 1.165) is 48.2 Å². The number of rotatable bonds is 37. The van der Waals surface area contributed by atoms with E-state index in [-0.39, 0.29) is 16.5 Å². The SMILES string of the molecule is CCCCCCC1=C(c2cc(C)c(C)c(C)c2)[N+](=[N-])C(c2cc(C)c(C)c(C)c2)=C1.[CH2-]CCCCCCCCCCCCCCCCC.[CH2-]CCCCCCCCCCCCCCCCC.[Ni+2]. The van der Waals surface area contributed by atoms with Crippen LogP contribution in [0.3, 0.4) is 0 Å². The van der Waals surface area contributed by atoms with E-state index < -0.39 is 0 Å². The van der Waals surface area contributed by atoms with Crippen molar-refractivity contribution < 1.29 is 21.2 Å². The molecule has 1 aliphatic heterocycles. The van der Waals surface area contributed by atoms with E-state index >= 15 is 0 Å². The molecule has 1 heterocycles. The summed E-state index contributed by atoms with van der Waals surface area (Å²) in [7, 11) is 0. The third-order valence-electron chi connectivity index (χ3n) is 14.5.